The van der Waals surface area contributed by atoms with Crippen LogP contribution in [-0.2, 0) is 26.2 Å². The second kappa shape index (κ2) is 12.1. The van der Waals surface area contributed by atoms with Crippen molar-refractivity contribution < 1.29 is 26.8 Å². The van der Waals surface area contributed by atoms with Crippen LogP contribution in [0.15, 0.2) is 42.5 Å². The lowest BCUT2D eigenvalue weighted by molar-refractivity contribution is -0.140. The molecule has 0 saturated carbocycles. The van der Waals surface area contributed by atoms with Crippen molar-refractivity contribution in [1.29, 1.82) is 0 Å². The summed E-state index contributed by atoms with van der Waals surface area (Å²) in [7, 11) is -4.03. The Labute approximate surface area is 206 Å². The average molecular weight is 510 g/mol. The Morgan fingerprint density at radius 1 is 1.03 bits per heavy atom. The van der Waals surface area contributed by atoms with E-state index in [-0.39, 0.29) is 24.1 Å². The fraction of sp³-hybridized carbons (Fsp3) is 0.440. The van der Waals surface area contributed by atoms with Crippen LogP contribution in [0.2, 0.25) is 0 Å². The van der Waals surface area contributed by atoms with Gasteiger partial charge in [0.25, 0.3) is 0 Å². The van der Waals surface area contributed by atoms with E-state index in [0.717, 1.165) is 35.6 Å². The van der Waals surface area contributed by atoms with Crippen molar-refractivity contribution in [1.82, 2.24) is 10.2 Å². The number of rotatable bonds is 11. The number of nitrogens with zero attached hydrogens (tertiary/aromatic N) is 2. The molecule has 2 aromatic rings. The number of carbonyl (C=O) groups excluding carboxylic acids is 2. The van der Waals surface area contributed by atoms with E-state index in [2.05, 4.69) is 5.32 Å². The van der Waals surface area contributed by atoms with Crippen LogP contribution in [0.5, 0.6) is 0 Å². The molecule has 0 aliphatic heterocycles. The van der Waals surface area contributed by atoms with E-state index in [1.165, 1.54) is 4.90 Å². The molecule has 0 spiro atoms. The molecule has 0 heterocycles. The molecule has 2 aromatic carbocycles. The van der Waals surface area contributed by atoms with Crippen LogP contribution < -0.4 is 9.62 Å². The van der Waals surface area contributed by atoms with E-state index < -0.39 is 40.2 Å². The van der Waals surface area contributed by atoms with Crippen molar-refractivity contribution in [2.45, 2.75) is 46.7 Å². The fourth-order valence-corrected chi connectivity index (χ4v) is 4.33. The number of amides is 2. The van der Waals surface area contributed by atoms with Crippen LogP contribution in [0.4, 0.5) is 14.5 Å². The summed E-state index contributed by atoms with van der Waals surface area (Å²) >= 11 is 0. The van der Waals surface area contributed by atoms with Crippen molar-refractivity contribution in [3.8, 4) is 0 Å². The number of aryl methyl sites for hydroxylation is 1. The molecule has 0 aliphatic rings. The molecule has 1 atom stereocenters. The SMILES string of the molecule is CC[C@H](C(=O)NCC(C)C)N(Cc1ccc(C)cc1)C(=O)CN(c1ccc(F)c(F)c1)S(C)(=O)=O. The number of benzene rings is 2. The molecular formula is C25H33F2N3O4S. The Kier molecular flexibility index (Phi) is 9.76. The molecule has 0 aromatic heterocycles. The molecule has 0 unspecified atom stereocenters. The maximum absolute atomic E-state index is 13.8. The van der Waals surface area contributed by atoms with E-state index in [1.807, 2.05) is 45.0 Å². The highest BCUT2D eigenvalue weighted by molar-refractivity contribution is 7.92. The Morgan fingerprint density at radius 3 is 2.17 bits per heavy atom. The summed E-state index contributed by atoms with van der Waals surface area (Å²) in [6, 6.07) is 9.17. The van der Waals surface area contributed by atoms with Gasteiger partial charge in [-0.3, -0.25) is 13.9 Å². The highest BCUT2D eigenvalue weighted by Gasteiger charge is 2.32. The Morgan fingerprint density at radius 2 is 1.66 bits per heavy atom. The number of nitrogens with one attached hydrogen (secondary N) is 1. The summed E-state index contributed by atoms with van der Waals surface area (Å²) in [4.78, 5) is 27.8. The summed E-state index contributed by atoms with van der Waals surface area (Å²) in [5, 5.41) is 2.84. The Bertz CT molecular complexity index is 1140. The summed E-state index contributed by atoms with van der Waals surface area (Å²) in [5.41, 5.74) is 1.60. The molecule has 192 valence electrons. The van der Waals surface area contributed by atoms with Crippen LogP contribution in [0, 0.1) is 24.5 Å². The highest BCUT2D eigenvalue weighted by atomic mass is 32.2. The predicted molar refractivity (Wildman–Crippen MR) is 132 cm³/mol. The normalized spacial score (nSPS) is 12.3. The van der Waals surface area contributed by atoms with E-state index in [9.17, 15) is 26.8 Å². The van der Waals surface area contributed by atoms with Crippen LogP contribution in [-0.4, -0.2) is 50.5 Å². The van der Waals surface area contributed by atoms with Crippen LogP contribution in [0.3, 0.4) is 0 Å². The van der Waals surface area contributed by atoms with Gasteiger partial charge in [0.05, 0.1) is 11.9 Å². The first-order valence-corrected chi connectivity index (χ1v) is 13.2. The molecule has 0 saturated heterocycles. The van der Waals surface area contributed by atoms with Gasteiger partial charge in [-0.2, -0.15) is 0 Å². The quantitative estimate of drug-likeness (QED) is 0.501. The number of hydrogen-bond acceptors (Lipinski definition) is 4. The molecule has 2 rings (SSSR count). The van der Waals surface area contributed by atoms with Gasteiger partial charge in [-0.25, -0.2) is 17.2 Å². The van der Waals surface area contributed by atoms with E-state index in [0.29, 0.717) is 17.3 Å². The molecule has 35 heavy (non-hydrogen) atoms. The van der Waals surface area contributed by atoms with Gasteiger partial charge in [0.15, 0.2) is 11.6 Å². The van der Waals surface area contributed by atoms with Crippen molar-refractivity contribution in [3.63, 3.8) is 0 Å². The van der Waals surface area contributed by atoms with Gasteiger partial charge < -0.3 is 10.2 Å². The van der Waals surface area contributed by atoms with E-state index >= 15 is 0 Å². The first-order chi connectivity index (χ1) is 16.3. The Balaban J connectivity index is 2.43. The first kappa shape index (κ1) is 28.2. The zero-order valence-corrected chi connectivity index (χ0v) is 21.5. The number of carbonyl (C=O) groups is 2. The second-order valence-corrected chi connectivity index (χ2v) is 10.8. The van der Waals surface area contributed by atoms with Gasteiger partial charge in [0, 0.05) is 19.2 Å². The largest absolute Gasteiger partial charge is 0.354 e. The van der Waals surface area contributed by atoms with Crippen molar-refractivity contribution in [2.75, 3.05) is 23.7 Å². The molecule has 0 radical (unpaired) electrons. The molecule has 1 N–H and O–H groups in total. The summed E-state index contributed by atoms with van der Waals surface area (Å²) in [5.74, 6) is -3.17. The highest BCUT2D eigenvalue weighted by Crippen LogP contribution is 2.22. The van der Waals surface area contributed by atoms with Crippen LogP contribution in [0.25, 0.3) is 0 Å². The van der Waals surface area contributed by atoms with Gasteiger partial charge in [0.1, 0.15) is 12.6 Å². The second-order valence-electron chi connectivity index (χ2n) is 8.94. The average Bonchev–Trinajstić information content (AvgIpc) is 2.78. The zero-order valence-electron chi connectivity index (χ0n) is 20.7. The molecular weight excluding hydrogens is 476 g/mol. The molecule has 0 fully saturated rings. The minimum absolute atomic E-state index is 0.0715. The van der Waals surface area contributed by atoms with Gasteiger partial charge in [-0.15, -0.1) is 0 Å². The minimum Gasteiger partial charge on any atom is -0.354 e. The van der Waals surface area contributed by atoms with Gasteiger partial charge in [0.2, 0.25) is 21.8 Å². The molecule has 0 bridgehead atoms. The van der Waals surface area contributed by atoms with Crippen LogP contribution >= 0.6 is 0 Å². The molecule has 0 aliphatic carbocycles. The van der Waals surface area contributed by atoms with Gasteiger partial charge >= 0.3 is 0 Å². The van der Waals surface area contributed by atoms with Crippen molar-refractivity contribution in [2.24, 2.45) is 5.92 Å². The lowest BCUT2D eigenvalue weighted by Crippen LogP contribution is -2.52. The molecule has 10 heteroatoms. The Hall–Kier alpha value is -3.01. The van der Waals surface area contributed by atoms with Crippen LogP contribution in [0.1, 0.15) is 38.3 Å². The number of hydrogen-bond donors (Lipinski definition) is 1. The standard InChI is InChI=1S/C25H33F2N3O4S/c1-6-23(25(32)28-14-17(2)3)29(15-19-9-7-18(4)8-10-19)24(31)16-30(35(5,33)34)20-11-12-21(26)22(27)13-20/h7-13,17,23H,6,14-16H2,1-5H3,(H,28,32)/t23-/m1/s1. The third-order valence-electron chi connectivity index (χ3n) is 5.41. The molecule has 2 amide bonds. The van der Waals surface area contributed by atoms with Gasteiger partial charge in [-0.05, 0) is 37.0 Å². The topological polar surface area (TPSA) is 86.8 Å². The number of halogens is 2. The lowest BCUT2D eigenvalue weighted by Gasteiger charge is -2.33. The maximum atomic E-state index is 13.8. The summed E-state index contributed by atoms with van der Waals surface area (Å²) in [6.45, 7) is 7.40. The minimum atomic E-state index is -4.03. The van der Waals surface area contributed by atoms with Crippen molar-refractivity contribution in [3.05, 3.63) is 65.2 Å². The predicted octanol–water partition coefficient (Wildman–Crippen LogP) is 3.62. The van der Waals surface area contributed by atoms with Crippen molar-refractivity contribution >= 4 is 27.5 Å². The third-order valence-corrected chi connectivity index (χ3v) is 6.55. The maximum Gasteiger partial charge on any atom is 0.244 e. The summed E-state index contributed by atoms with van der Waals surface area (Å²) < 4.78 is 53.0. The smallest absolute Gasteiger partial charge is 0.244 e. The number of anilines is 1. The first-order valence-electron chi connectivity index (χ1n) is 11.4. The third kappa shape index (κ3) is 8.02. The van der Waals surface area contributed by atoms with E-state index in [1.54, 1.807) is 6.92 Å². The fourth-order valence-electron chi connectivity index (χ4n) is 3.49. The van der Waals surface area contributed by atoms with E-state index in [4.69, 9.17) is 0 Å². The lowest BCUT2D eigenvalue weighted by atomic mass is 10.1. The zero-order chi connectivity index (χ0) is 26.3. The number of sulfonamides is 1. The summed E-state index contributed by atoms with van der Waals surface area (Å²) in [6.07, 6.45) is 1.17. The molecule has 7 nitrogen and oxygen atoms in total. The van der Waals surface area contributed by atoms with Gasteiger partial charge in [-0.1, -0.05) is 50.6 Å². The monoisotopic (exact) mass is 509 g/mol.